The molecule has 2 aromatic rings. The largest absolute Gasteiger partial charge is 0.379 e. The smallest absolute Gasteiger partial charge is 0.301 e. The van der Waals surface area contributed by atoms with Crippen LogP contribution >= 0.6 is 23.7 Å². The summed E-state index contributed by atoms with van der Waals surface area (Å²) in [7, 11) is -3.62. The van der Waals surface area contributed by atoms with Crippen LogP contribution in [0.15, 0.2) is 18.2 Å². The molecule has 0 radical (unpaired) electrons. The zero-order chi connectivity index (χ0) is 19.6. The minimum atomic E-state index is -3.62. The maximum Gasteiger partial charge on any atom is 0.301 e. The molecule has 0 saturated carbocycles. The SMILES string of the molecule is Cl.O=C(Nc1nc2ccc(NS(=O)(=O)N3CCOCC3)cc2s1)C1CCNCC1. The molecule has 2 aliphatic rings. The first-order valence-electron chi connectivity index (χ1n) is 9.29. The number of piperidine rings is 1. The van der Waals surface area contributed by atoms with Crippen molar-refractivity contribution in [3.63, 3.8) is 0 Å². The third-order valence-electron chi connectivity index (χ3n) is 4.89. The van der Waals surface area contributed by atoms with Crippen LogP contribution in [0.5, 0.6) is 0 Å². The fourth-order valence-electron chi connectivity index (χ4n) is 3.33. The van der Waals surface area contributed by atoms with Crippen molar-refractivity contribution in [2.24, 2.45) is 5.92 Å². The molecular formula is C17H24ClN5O4S2. The Kier molecular flexibility index (Phi) is 7.30. The number of hydrogen-bond acceptors (Lipinski definition) is 7. The zero-order valence-corrected chi connectivity index (χ0v) is 18.2. The molecule has 2 aliphatic heterocycles. The number of fused-ring (bicyclic) bond motifs is 1. The van der Waals surface area contributed by atoms with Gasteiger partial charge in [-0.3, -0.25) is 9.52 Å². The van der Waals surface area contributed by atoms with Gasteiger partial charge in [0.25, 0.3) is 0 Å². The van der Waals surface area contributed by atoms with Gasteiger partial charge in [-0.15, -0.1) is 12.4 Å². The summed E-state index contributed by atoms with van der Waals surface area (Å²) in [6.45, 7) is 3.18. The summed E-state index contributed by atoms with van der Waals surface area (Å²) >= 11 is 1.34. The Morgan fingerprint density at radius 1 is 1.24 bits per heavy atom. The van der Waals surface area contributed by atoms with Gasteiger partial charge >= 0.3 is 10.2 Å². The monoisotopic (exact) mass is 461 g/mol. The standard InChI is InChI=1S/C17H23N5O4S2.ClH/c23-16(12-3-5-18-6-4-12)20-17-19-14-2-1-13(11-15(14)27-17)21-28(24,25)22-7-9-26-10-8-22;/h1-2,11-12,18,21H,3-10H2,(H,19,20,23);1H. The molecule has 0 spiro atoms. The van der Waals surface area contributed by atoms with Crippen molar-refractivity contribution in [3.8, 4) is 0 Å². The van der Waals surface area contributed by atoms with Crippen molar-refractivity contribution in [3.05, 3.63) is 18.2 Å². The molecule has 0 atom stereocenters. The molecule has 9 nitrogen and oxygen atoms in total. The first kappa shape index (κ1) is 22.2. The summed E-state index contributed by atoms with van der Waals surface area (Å²) in [5.74, 6) is -0.00189. The highest BCUT2D eigenvalue weighted by molar-refractivity contribution is 7.90. The van der Waals surface area contributed by atoms with E-state index in [1.807, 2.05) is 0 Å². The van der Waals surface area contributed by atoms with Gasteiger partial charge in [0.2, 0.25) is 5.91 Å². The molecular weight excluding hydrogens is 438 g/mol. The van der Waals surface area contributed by atoms with E-state index in [0.717, 1.165) is 36.1 Å². The van der Waals surface area contributed by atoms with Gasteiger partial charge in [0, 0.05) is 19.0 Å². The normalized spacial score (nSPS) is 18.9. The molecule has 29 heavy (non-hydrogen) atoms. The Labute approximate surface area is 179 Å². The molecule has 0 bridgehead atoms. The Morgan fingerprint density at radius 2 is 1.97 bits per heavy atom. The number of carbonyl (C=O) groups excluding carboxylic acids is 1. The lowest BCUT2D eigenvalue weighted by Crippen LogP contribution is -2.43. The molecule has 160 valence electrons. The van der Waals surface area contributed by atoms with Crippen molar-refractivity contribution < 1.29 is 17.9 Å². The number of anilines is 2. The van der Waals surface area contributed by atoms with Crippen molar-refractivity contribution in [1.82, 2.24) is 14.6 Å². The van der Waals surface area contributed by atoms with Crippen molar-refractivity contribution >= 4 is 60.9 Å². The van der Waals surface area contributed by atoms with E-state index in [1.165, 1.54) is 15.6 Å². The van der Waals surface area contributed by atoms with Crippen molar-refractivity contribution in [2.45, 2.75) is 12.8 Å². The third-order valence-corrected chi connectivity index (χ3v) is 7.36. The van der Waals surface area contributed by atoms with E-state index in [4.69, 9.17) is 4.74 Å². The minimum absolute atomic E-state index is 0. The van der Waals surface area contributed by atoms with E-state index >= 15 is 0 Å². The summed E-state index contributed by atoms with van der Waals surface area (Å²) in [6, 6.07) is 5.17. The maximum atomic E-state index is 12.5. The number of benzene rings is 1. The number of aromatic nitrogens is 1. The van der Waals surface area contributed by atoms with E-state index in [0.29, 0.717) is 37.1 Å². The van der Waals surface area contributed by atoms with Gasteiger partial charge < -0.3 is 15.4 Å². The summed E-state index contributed by atoms with van der Waals surface area (Å²) < 4.78 is 35.0. The van der Waals surface area contributed by atoms with E-state index in [2.05, 4.69) is 20.3 Å². The summed E-state index contributed by atoms with van der Waals surface area (Å²) in [5.41, 5.74) is 1.19. The fraction of sp³-hybridized carbons (Fsp3) is 0.529. The van der Waals surface area contributed by atoms with E-state index < -0.39 is 10.2 Å². The Balaban J connectivity index is 0.00000240. The third kappa shape index (κ3) is 5.36. The van der Waals surface area contributed by atoms with Gasteiger partial charge in [0.15, 0.2) is 5.13 Å². The lowest BCUT2D eigenvalue weighted by atomic mass is 9.97. The highest BCUT2D eigenvalue weighted by Gasteiger charge is 2.25. The molecule has 1 aromatic heterocycles. The average molecular weight is 462 g/mol. The van der Waals surface area contributed by atoms with E-state index in [9.17, 15) is 13.2 Å². The van der Waals surface area contributed by atoms with Crippen LogP contribution in [-0.2, 0) is 19.7 Å². The predicted octanol–water partition coefficient (Wildman–Crippen LogP) is 1.65. The van der Waals surface area contributed by atoms with Gasteiger partial charge in [-0.25, -0.2) is 4.98 Å². The van der Waals surface area contributed by atoms with Crippen LogP contribution in [0.1, 0.15) is 12.8 Å². The number of hydrogen-bond donors (Lipinski definition) is 3. The number of thiazole rings is 1. The average Bonchev–Trinajstić information content (AvgIpc) is 3.10. The van der Waals surface area contributed by atoms with Crippen LogP contribution in [0.3, 0.4) is 0 Å². The first-order valence-corrected chi connectivity index (χ1v) is 11.5. The van der Waals surface area contributed by atoms with Crippen LogP contribution in [-0.4, -0.2) is 63.0 Å². The lowest BCUT2D eigenvalue weighted by molar-refractivity contribution is -0.120. The Bertz CT molecular complexity index is 956. The van der Waals surface area contributed by atoms with Crippen LogP contribution in [0.2, 0.25) is 0 Å². The number of nitrogens with zero attached hydrogens (tertiary/aromatic N) is 2. The summed E-state index contributed by atoms with van der Waals surface area (Å²) in [5, 5.41) is 6.68. The molecule has 1 aromatic carbocycles. The van der Waals surface area contributed by atoms with E-state index in [-0.39, 0.29) is 24.2 Å². The predicted molar refractivity (Wildman–Crippen MR) is 116 cm³/mol. The number of rotatable bonds is 5. The highest BCUT2D eigenvalue weighted by atomic mass is 35.5. The quantitative estimate of drug-likeness (QED) is 0.624. The maximum absolute atomic E-state index is 12.5. The fourth-order valence-corrected chi connectivity index (χ4v) is 5.43. The van der Waals surface area contributed by atoms with Crippen LogP contribution in [0.25, 0.3) is 10.2 Å². The lowest BCUT2D eigenvalue weighted by Gasteiger charge is -2.26. The van der Waals surface area contributed by atoms with Crippen molar-refractivity contribution in [2.75, 3.05) is 49.4 Å². The molecule has 4 rings (SSSR count). The molecule has 0 unspecified atom stereocenters. The number of amides is 1. The molecule has 12 heteroatoms. The molecule has 3 N–H and O–H groups in total. The molecule has 0 aliphatic carbocycles. The molecule has 2 saturated heterocycles. The highest BCUT2D eigenvalue weighted by Crippen LogP contribution is 2.29. The minimum Gasteiger partial charge on any atom is -0.379 e. The van der Waals surface area contributed by atoms with Crippen LogP contribution in [0.4, 0.5) is 10.8 Å². The number of ether oxygens (including phenoxy) is 1. The Morgan fingerprint density at radius 3 is 2.69 bits per heavy atom. The number of nitrogens with one attached hydrogen (secondary N) is 3. The summed E-state index contributed by atoms with van der Waals surface area (Å²) in [6.07, 6.45) is 1.65. The number of carbonyl (C=O) groups is 1. The van der Waals surface area contributed by atoms with Gasteiger partial charge in [-0.05, 0) is 44.1 Å². The van der Waals surface area contributed by atoms with Gasteiger partial charge in [0.1, 0.15) is 0 Å². The second kappa shape index (κ2) is 9.54. The van der Waals surface area contributed by atoms with Crippen LogP contribution in [0, 0.1) is 5.92 Å². The summed E-state index contributed by atoms with van der Waals surface area (Å²) in [4.78, 5) is 16.8. The number of halogens is 1. The first-order chi connectivity index (χ1) is 13.5. The van der Waals surface area contributed by atoms with E-state index in [1.54, 1.807) is 18.2 Å². The van der Waals surface area contributed by atoms with Gasteiger partial charge in [0.05, 0.1) is 29.1 Å². The molecule has 1 amide bonds. The van der Waals surface area contributed by atoms with Crippen molar-refractivity contribution in [1.29, 1.82) is 0 Å². The number of morpholine rings is 1. The Hall–Kier alpha value is -1.50. The molecule has 2 fully saturated rings. The van der Waals surface area contributed by atoms with Gasteiger partial charge in [-0.2, -0.15) is 12.7 Å². The van der Waals surface area contributed by atoms with Crippen LogP contribution < -0.4 is 15.4 Å². The second-order valence-corrected chi connectivity index (χ2v) is 9.53. The second-order valence-electron chi connectivity index (χ2n) is 6.83. The van der Waals surface area contributed by atoms with Gasteiger partial charge in [-0.1, -0.05) is 11.3 Å². The molecule has 3 heterocycles. The zero-order valence-electron chi connectivity index (χ0n) is 15.7. The topological polar surface area (TPSA) is 113 Å².